The highest BCUT2D eigenvalue weighted by atomic mass is 32.1. The fourth-order valence-corrected chi connectivity index (χ4v) is 8.83. The number of anilines is 3. The lowest BCUT2D eigenvalue weighted by atomic mass is 10.0. The third-order valence-corrected chi connectivity index (χ3v) is 11.4. The first-order valence-electron chi connectivity index (χ1n) is 18.0. The summed E-state index contributed by atoms with van der Waals surface area (Å²) in [5.74, 6) is 0.601. The van der Waals surface area contributed by atoms with Gasteiger partial charge in [-0.1, -0.05) is 103 Å². The minimum Gasteiger partial charge on any atom is -0.456 e. The van der Waals surface area contributed by atoms with E-state index < -0.39 is 0 Å². The molecule has 0 saturated carbocycles. The molecule has 0 spiro atoms. The van der Waals surface area contributed by atoms with E-state index in [0.717, 1.165) is 66.8 Å². The van der Waals surface area contributed by atoms with Gasteiger partial charge in [0.25, 0.3) is 0 Å². The number of oxazole rings is 1. The first-order chi connectivity index (χ1) is 26.7. The molecule has 0 atom stereocenters. The monoisotopic (exact) mass is 710 g/mol. The largest absolute Gasteiger partial charge is 0.456 e. The topological polar surface area (TPSA) is 42.4 Å². The van der Waals surface area contributed by atoms with E-state index in [1.165, 1.54) is 31.3 Å². The fraction of sp³-hybridized carbons (Fsp3) is 0. The van der Waals surface area contributed by atoms with Crippen molar-refractivity contribution in [3.05, 3.63) is 182 Å². The Morgan fingerprint density at radius 2 is 1.06 bits per heavy atom. The van der Waals surface area contributed by atoms with Gasteiger partial charge in [-0.2, -0.15) is 0 Å². The lowest BCUT2D eigenvalue weighted by Gasteiger charge is -2.26. The summed E-state index contributed by atoms with van der Waals surface area (Å²) < 4.78 is 15.3. The van der Waals surface area contributed by atoms with Gasteiger partial charge in [0.1, 0.15) is 16.7 Å². The SMILES string of the molecule is c1ccc(-c2cccc(N(c3ccc(-c4ccc5oc6ccc7nc(-c8ccccc8)oc7c6c5c4)cc3)c3ccc4c(c3)sc3ccccc34)c2)cc1. The Morgan fingerprint density at radius 1 is 0.407 bits per heavy atom. The predicted octanol–water partition coefficient (Wildman–Crippen LogP) is 14.6. The molecule has 0 N–H and O–H groups in total. The Hall–Kier alpha value is -6.95. The number of hydrogen-bond donors (Lipinski definition) is 0. The number of thiophene rings is 1. The van der Waals surface area contributed by atoms with Crippen molar-refractivity contribution in [1.29, 1.82) is 0 Å². The van der Waals surface area contributed by atoms with Crippen molar-refractivity contribution in [3.8, 4) is 33.7 Å². The van der Waals surface area contributed by atoms with Crippen molar-refractivity contribution in [2.75, 3.05) is 4.90 Å². The van der Waals surface area contributed by atoms with Gasteiger partial charge in [-0.15, -0.1) is 11.3 Å². The quantitative estimate of drug-likeness (QED) is 0.172. The molecule has 0 saturated heterocycles. The van der Waals surface area contributed by atoms with Gasteiger partial charge >= 0.3 is 0 Å². The van der Waals surface area contributed by atoms with Crippen LogP contribution < -0.4 is 4.90 Å². The Balaban J connectivity index is 1.02. The van der Waals surface area contributed by atoms with Crippen LogP contribution >= 0.6 is 11.3 Å². The summed E-state index contributed by atoms with van der Waals surface area (Å²) in [5.41, 5.74) is 12.0. The summed E-state index contributed by atoms with van der Waals surface area (Å²) in [4.78, 5) is 7.17. The molecule has 0 unspecified atom stereocenters. The van der Waals surface area contributed by atoms with Crippen molar-refractivity contribution in [3.63, 3.8) is 0 Å². The average Bonchev–Trinajstić information content (AvgIpc) is 3.95. The zero-order valence-electron chi connectivity index (χ0n) is 28.9. The highest BCUT2D eigenvalue weighted by Crippen LogP contribution is 2.43. The molecule has 11 aromatic rings. The second-order valence-corrected chi connectivity index (χ2v) is 14.6. The van der Waals surface area contributed by atoms with E-state index >= 15 is 0 Å². The predicted molar refractivity (Wildman–Crippen MR) is 225 cm³/mol. The van der Waals surface area contributed by atoms with Gasteiger partial charge in [-0.25, -0.2) is 4.98 Å². The van der Waals surface area contributed by atoms with Gasteiger partial charge in [0, 0.05) is 48.2 Å². The van der Waals surface area contributed by atoms with Crippen LogP contribution in [0.2, 0.25) is 0 Å². The van der Waals surface area contributed by atoms with Gasteiger partial charge in [0.15, 0.2) is 5.58 Å². The standard InChI is InChI=1S/C49H30N2O2S/c1-3-10-31(11-4-1)34-14-9-15-37(28-34)51(38-23-24-40-39-16-7-8-17-45(39)54-46(40)30-38)36-21-18-32(19-22-36)35-20-26-43-41(29-35)47-44(52-43)27-25-42-48(47)53-49(50-42)33-12-5-2-6-13-33/h1-30H. The number of rotatable bonds is 6. The molecule has 0 aliphatic carbocycles. The van der Waals surface area contributed by atoms with Crippen LogP contribution in [0, 0.1) is 0 Å². The van der Waals surface area contributed by atoms with Gasteiger partial charge < -0.3 is 13.7 Å². The summed E-state index contributed by atoms with van der Waals surface area (Å²) >= 11 is 1.84. The lowest BCUT2D eigenvalue weighted by molar-refractivity contribution is 0.622. The van der Waals surface area contributed by atoms with E-state index in [2.05, 4.69) is 144 Å². The molecule has 5 heteroatoms. The van der Waals surface area contributed by atoms with Crippen LogP contribution in [-0.2, 0) is 0 Å². The molecule has 0 bridgehead atoms. The third-order valence-electron chi connectivity index (χ3n) is 10.3. The Kier molecular flexibility index (Phi) is 7.00. The number of hydrogen-bond acceptors (Lipinski definition) is 5. The van der Waals surface area contributed by atoms with Gasteiger partial charge in [-0.3, -0.25) is 0 Å². The van der Waals surface area contributed by atoms with Crippen LogP contribution in [0.25, 0.3) is 86.9 Å². The van der Waals surface area contributed by atoms with E-state index in [1.54, 1.807) is 0 Å². The normalized spacial score (nSPS) is 11.7. The highest BCUT2D eigenvalue weighted by Gasteiger charge is 2.19. The molecule has 3 heterocycles. The Bertz CT molecular complexity index is 3160. The van der Waals surface area contributed by atoms with Crippen LogP contribution in [-0.4, -0.2) is 4.98 Å². The Morgan fingerprint density at radius 3 is 1.91 bits per heavy atom. The molecule has 0 amide bonds. The summed E-state index contributed by atoms with van der Waals surface area (Å²) in [6, 6.07) is 64.1. The van der Waals surface area contributed by atoms with Crippen molar-refractivity contribution >= 4 is 81.6 Å². The van der Waals surface area contributed by atoms with Crippen molar-refractivity contribution < 1.29 is 8.83 Å². The third kappa shape index (κ3) is 5.09. The average molecular weight is 711 g/mol. The molecule has 254 valence electrons. The van der Waals surface area contributed by atoms with Crippen molar-refractivity contribution in [2.45, 2.75) is 0 Å². The summed E-state index contributed by atoms with van der Waals surface area (Å²) in [6.45, 7) is 0. The van der Waals surface area contributed by atoms with Crippen LogP contribution in [0.4, 0.5) is 17.1 Å². The van der Waals surface area contributed by atoms with Crippen LogP contribution in [0.15, 0.2) is 191 Å². The first kappa shape index (κ1) is 30.7. The van der Waals surface area contributed by atoms with Crippen LogP contribution in [0.1, 0.15) is 0 Å². The molecule has 4 nitrogen and oxygen atoms in total. The number of furan rings is 1. The molecule has 0 aliphatic heterocycles. The highest BCUT2D eigenvalue weighted by molar-refractivity contribution is 7.25. The summed E-state index contributed by atoms with van der Waals surface area (Å²) in [7, 11) is 0. The molecule has 0 aliphatic rings. The molecule has 54 heavy (non-hydrogen) atoms. The molecule has 8 aromatic carbocycles. The summed E-state index contributed by atoms with van der Waals surface area (Å²) in [6.07, 6.45) is 0. The maximum Gasteiger partial charge on any atom is 0.227 e. The maximum absolute atomic E-state index is 6.41. The van der Waals surface area contributed by atoms with E-state index in [0.29, 0.717) is 5.89 Å². The number of aromatic nitrogens is 1. The smallest absolute Gasteiger partial charge is 0.227 e. The zero-order valence-corrected chi connectivity index (χ0v) is 29.8. The molecular formula is C49H30N2O2S. The van der Waals surface area contributed by atoms with Gasteiger partial charge in [-0.05, 0) is 101 Å². The zero-order chi connectivity index (χ0) is 35.6. The lowest BCUT2D eigenvalue weighted by Crippen LogP contribution is -2.09. The van der Waals surface area contributed by atoms with Crippen molar-refractivity contribution in [1.82, 2.24) is 4.98 Å². The first-order valence-corrected chi connectivity index (χ1v) is 18.8. The van der Waals surface area contributed by atoms with E-state index in [4.69, 9.17) is 13.8 Å². The van der Waals surface area contributed by atoms with Crippen LogP contribution in [0.3, 0.4) is 0 Å². The molecular weight excluding hydrogens is 681 g/mol. The van der Waals surface area contributed by atoms with Gasteiger partial charge in [0.2, 0.25) is 5.89 Å². The number of benzene rings is 8. The maximum atomic E-state index is 6.41. The number of fused-ring (bicyclic) bond motifs is 8. The van der Waals surface area contributed by atoms with E-state index in [1.807, 2.05) is 53.8 Å². The summed E-state index contributed by atoms with van der Waals surface area (Å²) in [5, 5.41) is 4.53. The second-order valence-electron chi connectivity index (χ2n) is 13.6. The number of nitrogens with zero attached hydrogens (tertiary/aromatic N) is 2. The molecule has 0 radical (unpaired) electrons. The molecule has 3 aromatic heterocycles. The second kappa shape index (κ2) is 12.3. The van der Waals surface area contributed by atoms with Gasteiger partial charge in [0.05, 0.1) is 5.39 Å². The molecule has 0 fully saturated rings. The molecule has 11 rings (SSSR count). The van der Waals surface area contributed by atoms with Crippen LogP contribution in [0.5, 0.6) is 0 Å². The van der Waals surface area contributed by atoms with Crippen molar-refractivity contribution in [2.24, 2.45) is 0 Å². The Labute approximate surface area is 314 Å². The fourth-order valence-electron chi connectivity index (χ4n) is 7.69. The minimum atomic E-state index is 0.601. The minimum absolute atomic E-state index is 0.601. The van der Waals surface area contributed by atoms with E-state index in [9.17, 15) is 0 Å². The van der Waals surface area contributed by atoms with E-state index in [-0.39, 0.29) is 0 Å².